The van der Waals surface area contributed by atoms with Crippen LogP contribution in [-0.4, -0.2) is 17.1 Å². The Morgan fingerprint density at radius 3 is 2.61 bits per heavy atom. The van der Waals surface area contributed by atoms with E-state index in [0.29, 0.717) is 17.8 Å². The Morgan fingerprint density at radius 1 is 1.00 bits per heavy atom. The van der Waals surface area contributed by atoms with Gasteiger partial charge in [0.1, 0.15) is 18.1 Å². The third-order valence-electron chi connectivity index (χ3n) is 5.58. The smallest absolute Gasteiger partial charge is 0.190 e. The molecule has 164 valence electrons. The summed E-state index contributed by atoms with van der Waals surface area (Å²) < 4.78 is 16.6. The maximum atomic E-state index is 12.9. The SMILES string of the molecule is COc1ccc(COc2cccc(-c3cc(=O)c4cc(-c5cnco5)c(C)cc4[nH]3)c2)cc1. The summed E-state index contributed by atoms with van der Waals surface area (Å²) in [7, 11) is 1.64. The summed E-state index contributed by atoms with van der Waals surface area (Å²) in [6.45, 7) is 2.42. The lowest BCUT2D eigenvalue weighted by molar-refractivity contribution is 0.306. The normalized spacial score (nSPS) is 11.0. The van der Waals surface area contributed by atoms with E-state index in [1.807, 2.05) is 67.6 Å². The van der Waals surface area contributed by atoms with Gasteiger partial charge in [0.05, 0.1) is 18.8 Å². The number of H-pyrrole nitrogens is 1. The van der Waals surface area contributed by atoms with E-state index in [0.717, 1.165) is 45.0 Å². The van der Waals surface area contributed by atoms with Crippen molar-refractivity contribution < 1.29 is 13.9 Å². The van der Waals surface area contributed by atoms with E-state index in [1.165, 1.54) is 6.39 Å². The second-order valence-electron chi connectivity index (χ2n) is 7.79. The molecular formula is C27H22N2O4. The number of oxazole rings is 1. The first-order chi connectivity index (χ1) is 16.1. The zero-order valence-electron chi connectivity index (χ0n) is 18.3. The molecule has 2 aromatic heterocycles. The number of aromatic amines is 1. The predicted molar refractivity (Wildman–Crippen MR) is 128 cm³/mol. The molecule has 33 heavy (non-hydrogen) atoms. The number of fused-ring (bicyclic) bond motifs is 1. The molecule has 0 atom stereocenters. The summed E-state index contributed by atoms with van der Waals surface area (Å²) in [5.74, 6) is 2.17. The van der Waals surface area contributed by atoms with E-state index in [4.69, 9.17) is 13.9 Å². The second kappa shape index (κ2) is 8.67. The number of hydrogen-bond acceptors (Lipinski definition) is 5. The standard InChI is InChI=1S/C27H22N2O4/c1-17-10-25-23(12-22(17)27-14-28-16-33-27)26(30)13-24(29-25)19-4-3-5-21(11-19)32-15-18-6-8-20(31-2)9-7-18/h3-14,16H,15H2,1-2H3,(H,29,30). The van der Waals surface area contributed by atoms with Crippen LogP contribution in [0.4, 0.5) is 0 Å². The van der Waals surface area contributed by atoms with Crippen LogP contribution in [0.3, 0.4) is 0 Å². The van der Waals surface area contributed by atoms with E-state index in [1.54, 1.807) is 19.4 Å². The zero-order chi connectivity index (χ0) is 22.8. The van der Waals surface area contributed by atoms with Crippen LogP contribution >= 0.6 is 0 Å². The highest BCUT2D eigenvalue weighted by molar-refractivity contribution is 5.87. The lowest BCUT2D eigenvalue weighted by Gasteiger charge is -2.11. The molecule has 0 aliphatic carbocycles. The third-order valence-corrected chi connectivity index (χ3v) is 5.58. The van der Waals surface area contributed by atoms with Crippen LogP contribution in [0, 0.1) is 6.92 Å². The number of pyridine rings is 1. The molecular weight excluding hydrogens is 416 g/mol. The van der Waals surface area contributed by atoms with Crippen LogP contribution in [0.15, 0.2) is 88.5 Å². The quantitative estimate of drug-likeness (QED) is 0.365. The van der Waals surface area contributed by atoms with E-state index >= 15 is 0 Å². The fourth-order valence-corrected chi connectivity index (χ4v) is 3.82. The zero-order valence-corrected chi connectivity index (χ0v) is 18.3. The van der Waals surface area contributed by atoms with Gasteiger partial charge in [-0.3, -0.25) is 4.79 Å². The van der Waals surface area contributed by atoms with Crippen molar-refractivity contribution in [2.75, 3.05) is 7.11 Å². The van der Waals surface area contributed by atoms with Crippen LogP contribution in [-0.2, 0) is 6.61 Å². The first kappa shape index (κ1) is 20.6. The Kier molecular flexibility index (Phi) is 5.40. The molecule has 0 unspecified atom stereocenters. The predicted octanol–water partition coefficient (Wildman–Crippen LogP) is 5.75. The summed E-state index contributed by atoms with van der Waals surface area (Å²) in [4.78, 5) is 20.3. The maximum absolute atomic E-state index is 12.9. The van der Waals surface area contributed by atoms with E-state index in [2.05, 4.69) is 9.97 Å². The topological polar surface area (TPSA) is 77.3 Å². The summed E-state index contributed by atoms with van der Waals surface area (Å²) in [6, 6.07) is 20.9. The number of rotatable bonds is 6. The highest BCUT2D eigenvalue weighted by atomic mass is 16.5. The number of aromatic nitrogens is 2. The lowest BCUT2D eigenvalue weighted by atomic mass is 10.0. The van der Waals surface area contributed by atoms with Gasteiger partial charge >= 0.3 is 0 Å². The summed E-state index contributed by atoms with van der Waals surface area (Å²) in [6.07, 6.45) is 3.03. The molecule has 0 aliphatic rings. The van der Waals surface area contributed by atoms with E-state index in [-0.39, 0.29) is 5.43 Å². The molecule has 6 heteroatoms. The fourth-order valence-electron chi connectivity index (χ4n) is 3.82. The van der Waals surface area contributed by atoms with Crippen molar-refractivity contribution in [3.05, 3.63) is 101 Å². The Bertz CT molecular complexity index is 1470. The molecule has 1 N–H and O–H groups in total. The minimum atomic E-state index is -0.0657. The van der Waals surface area contributed by atoms with Crippen molar-refractivity contribution in [1.82, 2.24) is 9.97 Å². The van der Waals surface area contributed by atoms with Crippen molar-refractivity contribution in [1.29, 1.82) is 0 Å². The van der Waals surface area contributed by atoms with Gasteiger partial charge in [0, 0.05) is 28.3 Å². The van der Waals surface area contributed by atoms with Crippen molar-refractivity contribution >= 4 is 10.9 Å². The van der Waals surface area contributed by atoms with Gasteiger partial charge in [-0.25, -0.2) is 4.98 Å². The minimum Gasteiger partial charge on any atom is -0.497 e. The molecule has 3 aromatic carbocycles. The monoisotopic (exact) mass is 438 g/mol. The molecule has 0 saturated heterocycles. The maximum Gasteiger partial charge on any atom is 0.190 e. The Hall–Kier alpha value is -4.32. The lowest BCUT2D eigenvalue weighted by Crippen LogP contribution is -2.04. The molecule has 0 radical (unpaired) electrons. The van der Waals surface area contributed by atoms with Gasteiger partial charge in [-0.15, -0.1) is 0 Å². The average Bonchev–Trinajstić information content (AvgIpc) is 3.37. The van der Waals surface area contributed by atoms with Crippen LogP contribution in [0.5, 0.6) is 11.5 Å². The van der Waals surface area contributed by atoms with Gasteiger partial charge in [-0.05, 0) is 54.4 Å². The molecule has 0 fully saturated rings. The first-order valence-electron chi connectivity index (χ1n) is 10.5. The van der Waals surface area contributed by atoms with Crippen LogP contribution in [0.1, 0.15) is 11.1 Å². The van der Waals surface area contributed by atoms with Gasteiger partial charge < -0.3 is 18.9 Å². The molecule has 5 aromatic rings. The van der Waals surface area contributed by atoms with Crippen molar-refractivity contribution in [3.63, 3.8) is 0 Å². The number of methoxy groups -OCH3 is 1. The number of ether oxygens (including phenoxy) is 2. The number of nitrogens with one attached hydrogen (secondary N) is 1. The Labute approximate surface area is 190 Å². The summed E-state index contributed by atoms with van der Waals surface area (Å²) >= 11 is 0. The number of hydrogen-bond donors (Lipinski definition) is 1. The largest absolute Gasteiger partial charge is 0.497 e. The van der Waals surface area contributed by atoms with E-state index < -0.39 is 0 Å². The molecule has 0 amide bonds. The first-order valence-corrected chi connectivity index (χ1v) is 10.5. The Morgan fingerprint density at radius 2 is 1.85 bits per heavy atom. The molecule has 5 rings (SSSR count). The van der Waals surface area contributed by atoms with Gasteiger partial charge in [0.25, 0.3) is 0 Å². The molecule has 2 heterocycles. The van der Waals surface area contributed by atoms with Crippen LogP contribution < -0.4 is 14.9 Å². The van der Waals surface area contributed by atoms with Gasteiger partial charge in [-0.1, -0.05) is 24.3 Å². The van der Waals surface area contributed by atoms with Crippen molar-refractivity contribution in [2.24, 2.45) is 0 Å². The third kappa shape index (κ3) is 4.23. The van der Waals surface area contributed by atoms with E-state index in [9.17, 15) is 4.79 Å². The van der Waals surface area contributed by atoms with Gasteiger partial charge in [0.2, 0.25) is 0 Å². The Balaban J connectivity index is 1.44. The van der Waals surface area contributed by atoms with Crippen molar-refractivity contribution in [3.8, 4) is 34.1 Å². The van der Waals surface area contributed by atoms with Crippen molar-refractivity contribution in [2.45, 2.75) is 13.5 Å². The molecule has 6 nitrogen and oxygen atoms in total. The van der Waals surface area contributed by atoms with Crippen LogP contribution in [0.25, 0.3) is 33.5 Å². The minimum absolute atomic E-state index is 0.0657. The number of benzene rings is 3. The second-order valence-corrected chi connectivity index (χ2v) is 7.79. The number of nitrogens with zero attached hydrogens (tertiary/aromatic N) is 1. The molecule has 0 aliphatic heterocycles. The highest BCUT2D eigenvalue weighted by Crippen LogP contribution is 2.28. The van der Waals surface area contributed by atoms with Gasteiger partial charge in [0.15, 0.2) is 17.6 Å². The highest BCUT2D eigenvalue weighted by Gasteiger charge is 2.11. The van der Waals surface area contributed by atoms with Crippen LogP contribution in [0.2, 0.25) is 0 Å². The molecule has 0 spiro atoms. The average molecular weight is 438 g/mol. The fraction of sp³-hybridized carbons (Fsp3) is 0.111. The van der Waals surface area contributed by atoms with Gasteiger partial charge in [-0.2, -0.15) is 0 Å². The molecule has 0 bridgehead atoms. The summed E-state index contributed by atoms with van der Waals surface area (Å²) in [5, 5.41) is 0.600. The number of aryl methyl sites for hydroxylation is 1. The molecule has 0 saturated carbocycles. The summed E-state index contributed by atoms with van der Waals surface area (Å²) in [5.41, 5.74) is 5.19.